The van der Waals surface area contributed by atoms with Crippen LogP contribution in [0.1, 0.15) is 34.9 Å². The molecule has 3 heterocycles. The minimum absolute atomic E-state index is 0.0212. The lowest BCUT2D eigenvalue weighted by molar-refractivity contribution is -0.138. The van der Waals surface area contributed by atoms with Crippen molar-refractivity contribution in [1.29, 1.82) is 0 Å². The van der Waals surface area contributed by atoms with Crippen molar-refractivity contribution >= 4 is 34.8 Å². The Bertz CT molecular complexity index is 1250. The zero-order chi connectivity index (χ0) is 26.9. The Kier molecular flexibility index (Phi) is 7.62. The van der Waals surface area contributed by atoms with Crippen LogP contribution >= 0.6 is 11.6 Å². The number of urea groups is 1. The predicted octanol–water partition coefficient (Wildman–Crippen LogP) is 4.01. The number of halogens is 4. The number of carbonyl (C=O) groups excluding carboxylic acids is 1. The first-order valence-electron chi connectivity index (χ1n) is 11.3. The Morgan fingerprint density at radius 3 is 2.68 bits per heavy atom. The lowest BCUT2D eigenvalue weighted by atomic mass is 10.0. The van der Waals surface area contributed by atoms with E-state index in [1.165, 1.54) is 35.2 Å². The Morgan fingerprint density at radius 2 is 2.11 bits per heavy atom. The van der Waals surface area contributed by atoms with Crippen molar-refractivity contribution in [3.8, 4) is 0 Å². The summed E-state index contributed by atoms with van der Waals surface area (Å²) in [5.74, 6) is 0.0941. The van der Waals surface area contributed by atoms with E-state index in [-0.39, 0.29) is 23.7 Å². The van der Waals surface area contributed by atoms with E-state index >= 15 is 0 Å². The van der Waals surface area contributed by atoms with E-state index in [4.69, 9.17) is 16.3 Å². The number of aliphatic hydroxyl groups is 2. The number of alkyl halides is 3. The van der Waals surface area contributed by atoms with Crippen molar-refractivity contribution in [3.63, 3.8) is 0 Å². The van der Waals surface area contributed by atoms with Gasteiger partial charge in [0.25, 0.3) is 0 Å². The van der Waals surface area contributed by atoms with Gasteiger partial charge in [0.1, 0.15) is 12.7 Å². The summed E-state index contributed by atoms with van der Waals surface area (Å²) >= 11 is 6.46. The summed E-state index contributed by atoms with van der Waals surface area (Å²) in [6, 6.07) is 4.61. The fourth-order valence-corrected chi connectivity index (χ4v) is 4.45. The van der Waals surface area contributed by atoms with Crippen LogP contribution < -0.4 is 5.32 Å². The average molecular weight is 540 g/mol. The Labute approximate surface area is 215 Å². The van der Waals surface area contributed by atoms with Crippen molar-refractivity contribution in [3.05, 3.63) is 63.9 Å². The second kappa shape index (κ2) is 10.6. The molecule has 0 radical (unpaired) electrons. The van der Waals surface area contributed by atoms with Crippen LogP contribution in [0, 0.1) is 6.92 Å². The van der Waals surface area contributed by atoms with E-state index < -0.39 is 36.7 Å². The van der Waals surface area contributed by atoms with Crippen molar-refractivity contribution in [1.82, 2.24) is 14.9 Å². The molecule has 198 valence electrons. The first-order valence-corrected chi connectivity index (χ1v) is 11.7. The maximum Gasteiger partial charge on any atom is 0.416 e. The number of likely N-dealkylation sites (N-methyl/N-ethyl adjacent to an activating group) is 1. The molecule has 0 aliphatic carbocycles. The van der Waals surface area contributed by atoms with Crippen LogP contribution in [0.15, 0.2) is 41.6 Å². The molecule has 9 nitrogen and oxygen atoms in total. The minimum Gasteiger partial charge on any atom is -0.449 e. The molecule has 0 fully saturated rings. The number of pyridine rings is 1. The number of ether oxygens (including phenoxy) is 1. The van der Waals surface area contributed by atoms with Gasteiger partial charge < -0.3 is 25.2 Å². The lowest BCUT2D eigenvalue weighted by Crippen LogP contribution is -2.38. The van der Waals surface area contributed by atoms with Crippen LogP contribution in [0.3, 0.4) is 0 Å². The van der Waals surface area contributed by atoms with Crippen molar-refractivity contribution in [2.24, 2.45) is 5.10 Å². The molecular formula is C24H25ClF3N5O4. The molecule has 2 amide bonds. The monoisotopic (exact) mass is 539 g/mol. The van der Waals surface area contributed by atoms with E-state index in [0.717, 1.165) is 11.6 Å². The van der Waals surface area contributed by atoms with Crippen molar-refractivity contribution in [2.75, 3.05) is 32.1 Å². The average Bonchev–Trinajstić information content (AvgIpc) is 3.23. The first-order chi connectivity index (χ1) is 17.5. The van der Waals surface area contributed by atoms with Crippen molar-refractivity contribution < 1.29 is 32.9 Å². The summed E-state index contributed by atoms with van der Waals surface area (Å²) in [4.78, 5) is 18.6. The van der Waals surface area contributed by atoms with Gasteiger partial charge in [-0.2, -0.15) is 13.2 Å². The number of amides is 2. The summed E-state index contributed by atoms with van der Waals surface area (Å²) in [6.07, 6.45) is -2.67. The lowest BCUT2D eigenvalue weighted by Gasteiger charge is -2.27. The molecule has 1 aromatic heterocycles. The zero-order valence-corrected chi connectivity index (χ0v) is 20.7. The van der Waals surface area contributed by atoms with Gasteiger partial charge in [0, 0.05) is 37.6 Å². The van der Waals surface area contributed by atoms with Crippen LogP contribution in [0.4, 0.5) is 23.7 Å². The molecule has 1 aromatic carbocycles. The molecule has 2 atom stereocenters. The molecule has 2 aliphatic rings. The number of aryl methyl sites for hydroxylation is 1. The number of benzene rings is 1. The minimum atomic E-state index is -4.45. The number of aromatic nitrogens is 1. The smallest absolute Gasteiger partial charge is 0.416 e. The quantitative estimate of drug-likeness (QED) is 0.529. The normalized spacial score (nSPS) is 18.8. The summed E-state index contributed by atoms with van der Waals surface area (Å²) in [5, 5.41) is 28.2. The number of nitrogens with zero attached hydrogens (tertiary/aromatic N) is 4. The zero-order valence-electron chi connectivity index (χ0n) is 20.0. The largest absolute Gasteiger partial charge is 0.449 e. The highest BCUT2D eigenvalue weighted by atomic mass is 35.5. The summed E-state index contributed by atoms with van der Waals surface area (Å²) in [6.45, 7) is 1.56. The van der Waals surface area contributed by atoms with Gasteiger partial charge in [-0.25, -0.2) is 4.79 Å². The molecular weight excluding hydrogens is 515 g/mol. The highest BCUT2D eigenvalue weighted by Gasteiger charge is 2.34. The van der Waals surface area contributed by atoms with E-state index in [1.54, 1.807) is 19.2 Å². The van der Waals surface area contributed by atoms with Crippen LogP contribution in [0.5, 0.6) is 0 Å². The second-order valence-corrected chi connectivity index (χ2v) is 9.07. The van der Waals surface area contributed by atoms with Gasteiger partial charge in [-0.15, -0.1) is 5.10 Å². The molecule has 3 N–H and O–H groups in total. The van der Waals surface area contributed by atoms with E-state index in [0.29, 0.717) is 29.2 Å². The topological polar surface area (TPSA) is 111 Å². The number of hydrazone groups is 1. The predicted molar refractivity (Wildman–Crippen MR) is 131 cm³/mol. The van der Waals surface area contributed by atoms with Gasteiger partial charge in [-0.3, -0.25) is 9.99 Å². The van der Waals surface area contributed by atoms with Crippen LogP contribution in [-0.2, 0) is 10.9 Å². The summed E-state index contributed by atoms with van der Waals surface area (Å²) in [5.41, 5.74) is 1.30. The van der Waals surface area contributed by atoms with E-state index in [1.807, 2.05) is 0 Å². The number of carbonyl (C=O) groups is 1. The highest BCUT2D eigenvalue weighted by Crippen LogP contribution is 2.34. The molecule has 0 bridgehead atoms. The maximum atomic E-state index is 13.0. The van der Waals surface area contributed by atoms with Crippen LogP contribution in [0.2, 0.25) is 5.02 Å². The van der Waals surface area contributed by atoms with Gasteiger partial charge >= 0.3 is 12.2 Å². The number of hydrogen-bond acceptors (Lipinski definition) is 7. The molecule has 2 unspecified atom stereocenters. The third-order valence-electron chi connectivity index (χ3n) is 6.09. The molecule has 2 aromatic rings. The molecule has 37 heavy (non-hydrogen) atoms. The SMILES string of the molecule is Cc1cc(NC(=O)N2CC=C(c3ncc(C(O)C4OC(CO)=NN4C)cc3Cl)CC2)ccc1C(F)(F)F. The fraction of sp³-hybridized carbons (Fsp3) is 0.375. The molecule has 2 aliphatic heterocycles. The summed E-state index contributed by atoms with van der Waals surface area (Å²) in [7, 11) is 1.60. The van der Waals surface area contributed by atoms with Crippen LogP contribution in [-0.4, -0.2) is 70.0 Å². The van der Waals surface area contributed by atoms with E-state index in [2.05, 4.69) is 15.4 Å². The number of hydrogen-bond donors (Lipinski definition) is 3. The van der Waals surface area contributed by atoms with E-state index in [9.17, 15) is 28.2 Å². The third kappa shape index (κ3) is 5.81. The third-order valence-corrected chi connectivity index (χ3v) is 6.38. The van der Waals surface area contributed by atoms with Gasteiger partial charge in [-0.1, -0.05) is 17.7 Å². The number of nitrogens with one attached hydrogen (secondary N) is 1. The molecule has 0 saturated heterocycles. The summed E-state index contributed by atoms with van der Waals surface area (Å²) < 4.78 is 44.3. The van der Waals surface area contributed by atoms with Crippen LogP contribution in [0.25, 0.3) is 5.57 Å². The first kappa shape index (κ1) is 26.7. The number of anilines is 1. The van der Waals surface area contributed by atoms with Gasteiger partial charge in [-0.05, 0) is 48.7 Å². The second-order valence-electron chi connectivity index (χ2n) is 8.66. The Morgan fingerprint density at radius 1 is 1.35 bits per heavy atom. The Hall–Kier alpha value is -3.35. The number of aliphatic hydroxyl groups excluding tert-OH is 2. The fourth-order valence-electron chi connectivity index (χ4n) is 4.16. The van der Waals surface area contributed by atoms with Gasteiger partial charge in [0.2, 0.25) is 12.1 Å². The molecule has 13 heteroatoms. The molecule has 0 saturated carbocycles. The number of rotatable bonds is 5. The maximum absolute atomic E-state index is 13.0. The standard InChI is InChI=1S/C24H25ClF3N5O4/c1-13-9-16(3-4-17(13)24(26,27)28)30-23(36)33-7-5-14(6-8-33)20-18(25)10-15(11-29-20)21(35)22-32(2)31-19(12-34)37-22/h3-5,9-11,21-22,34-35H,6-8,12H2,1-2H3,(H,30,36). The Balaban J connectivity index is 1.39. The molecule has 0 spiro atoms. The van der Waals surface area contributed by atoms with Gasteiger partial charge in [0.15, 0.2) is 0 Å². The van der Waals surface area contributed by atoms with Crippen molar-refractivity contribution in [2.45, 2.75) is 31.9 Å². The highest BCUT2D eigenvalue weighted by molar-refractivity contribution is 6.32. The van der Waals surface area contributed by atoms with Gasteiger partial charge in [0.05, 0.1) is 16.3 Å². The molecule has 4 rings (SSSR count).